The van der Waals surface area contributed by atoms with Crippen molar-refractivity contribution in [1.82, 2.24) is 10.2 Å². The topological polar surface area (TPSA) is 33.7 Å². The summed E-state index contributed by atoms with van der Waals surface area (Å²) in [5.41, 5.74) is 1.23. The minimum atomic E-state index is 0.292. The zero-order valence-electron chi connectivity index (χ0n) is 11.5. The normalized spacial score (nSPS) is 20.5. The van der Waals surface area contributed by atoms with Gasteiger partial charge in [-0.2, -0.15) is 0 Å². The van der Waals surface area contributed by atoms with E-state index in [1.165, 1.54) is 5.56 Å². The minimum absolute atomic E-state index is 0.292. The smallest absolute Gasteiger partial charge is 0.133 e. The van der Waals surface area contributed by atoms with E-state index in [1.54, 1.807) is 7.11 Å². The summed E-state index contributed by atoms with van der Waals surface area (Å²) < 4.78 is 11.9. The molecule has 1 heterocycles. The molecule has 0 aliphatic carbocycles. The monoisotopic (exact) mass is 328 g/mol. The summed E-state index contributed by atoms with van der Waals surface area (Å²) in [6.07, 6.45) is 0.292. The molecule has 1 saturated heterocycles. The van der Waals surface area contributed by atoms with Gasteiger partial charge in [-0.25, -0.2) is 0 Å². The maximum Gasteiger partial charge on any atom is 0.133 e. The fraction of sp³-hybridized carbons (Fsp3) is 0.571. The van der Waals surface area contributed by atoms with Gasteiger partial charge in [-0.15, -0.1) is 0 Å². The Morgan fingerprint density at radius 1 is 1.53 bits per heavy atom. The van der Waals surface area contributed by atoms with Crippen LogP contribution in [0.5, 0.6) is 5.75 Å². The number of hydrogen-bond acceptors (Lipinski definition) is 4. The Kier molecular flexibility index (Phi) is 5.63. The molecule has 0 radical (unpaired) electrons. The van der Waals surface area contributed by atoms with E-state index >= 15 is 0 Å². The van der Waals surface area contributed by atoms with E-state index in [9.17, 15) is 0 Å². The Morgan fingerprint density at radius 3 is 3.05 bits per heavy atom. The van der Waals surface area contributed by atoms with E-state index in [-0.39, 0.29) is 0 Å². The highest BCUT2D eigenvalue weighted by molar-refractivity contribution is 9.10. The third-order valence-corrected chi connectivity index (χ3v) is 3.88. The molecule has 19 heavy (non-hydrogen) atoms. The maximum absolute atomic E-state index is 5.71. The molecule has 106 valence electrons. The van der Waals surface area contributed by atoms with Crippen LogP contribution in [0.4, 0.5) is 0 Å². The lowest BCUT2D eigenvalue weighted by molar-refractivity contribution is -0.0182. The molecule has 1 aliphatic rings. The quantitative estimate of drug-likeness (QED) is 0.894. The number of benzene rings is 1. The van der Waals surface area contributed by atoms with Crippen LogP contribution in [0.1, 0.15) is 5.56 Å². The molecule has 0 amide bonds. The molecule has 4 nitrogen and oxygen atoms in total. The van der Waals surface area contributed by atoms with Gasteiger partial charge in [0, 0.05) is 26.2 Å². The van der Waals surface area contributed by atoms with Gasteiger partial charge in [0.2, 0.25) is 0 Å². The highest BCUT2D eigenvalue weighted by Crippen LogP contribution is 2.25. The predicted octanol–water partition coefficient (Wildman–Crippen LogP) is 1.88. The number of halogens is 1. The van der Waals surface area contributed by atoms with E-state index in [4.69, 9.17) is 9.47 Å². The van der Waals surface area contributed by atoms with E-state index < -0.39 is 0 Å². The molecule has 1 fully saturated rings. The third-order valence-electron chi connectivity index (χ3n) is 3.26. The summed E-state index contributed by atoms with van der Waals surface area (Å²) in [4.78, 5) is 2.31. The van der Waals surface area contributed by atoms with Crippen molar-refractivity contribution in [1.29, 1.82) is 0 Å². The first-order valence-corrected chi connectivity index (χ1v) is 7.31. The van der Waals surface area contributed by atoms with Crippen molar-refractivity contribution in [2.45, 2.75) is 12.6 Å². The van der Waals surface area contributed by atoms with Crippen LogP contribution >= 0.6 is 15.9 Å². The highest BCUT2D eigenvalue weighted by atomic mass is 79.9. The second kappa shape index (κ2) is 7.24. The number of likely N-dealkylation sites (N-methyl/N-ethyl adjacent to an activating group) is 1. The zero-order valence-corrected chi connectivity index (χ0v) is 13.1. The lowest BCUT2D eigenvalue weighted by Gasteiger charge is -2.30. The number of methoxy groups -OCH3 is 1. The Hall–Kier alpha value is -0.620. The first-order chi connectivity index (χ1) is 9.19. The number of hydrogen-bond donors (Lipinski definition) is 1. The number of nitrogens with zero attached hydrogens (tertiary/aromatic N) is 1. The number of rotatable bonds is 5. The molecule has 0 saturated carbocycles. The first kappa shape index (κ1) is 14.8. The average Bonchev–Trinajstić information content (AvgIpc) is 2.39. The van der Waals surface area contributed by atoms with Crippen LogP contribution in [0.2, 0.25) is 0 Å². The third kappa shape index (κ3) is 4.45. The molecule has 0 spiro atoms. The number of ether oxygens (including phenoxy) is 2. The summed E-state index contributed by atoms with van der Waals surface area (Å²) in [7, 11) is 3.81. The largest absolute Gasteiger partial charge is 0.496 e. The van der Waals surface area contributed by atoms with Gasteiger partial charge >= 0.3 is 0 Å². The molecule has 2 rings (SSSR count). The van der Waals surface area contributed by atoms with Crippen LogP contribution < -0.4 is 10.1 Å². The Balaban J connectivity index is 1.77. The maximum atomic E-state index is 5.71. The molecule has 5 heteroatoms. The van der Waals surface area contributed by atoms with Gasteiger partial charge in [0.05, 0.1) is 24.3 Å². The fourth-order valence-corrected chi connectivity index (χ4v) is 2.78. The van der Waals surface area contributed by atoms with Gasteiger partial charge in [-0.05, 0) is 40.7 Å². The van der Waals surface area contributed by atoms with E-state index in [1.807, 2.05) is 6.07 Å². The van der Waals surface area contributed by atoms with Crippen molar-refractivity contribution in [3.8, 4) is 5.75 Å². The predicted molar refractivity (Wildman–Crippen MR) is 79.6 cm³/mol. The molecule has 1 atom stereocenters. The van der Waals surface area contributed by atoms with Crippen LogP contribution in [0.15, 0.2) is 22.7 Å². The average molecular weight is 329 g/mol. The molecular formula is C14H21BrN2O2. The number of nitrogens with one attached hydrogen (secondary N) is 1. The summed E-state index contributed by atoms with van der Waals surface area (Å²) in [5.74, 6) is 0.862. The highest BCUT2D eigenvalue weighted by Gasteiger charge is 2.16. The van der Waals surface area contributed by atoms with Gasteiger partial charge in [0.25, 0.3) is 0 Å². The van der Waals surface area contributed by atoms with Gasteiger partial charge in [-0.1, -0.05) is 6.07 Å². The second-order valence-corrected chi connectivity index (χ2v) is 5.71. The SMILES string of the molecule is COc1ccc(CNC[C@@H]2CN(C)CCO2)cc1Br. The van der Waals surface area contributed by atoms with Crippen molar-refractivity contribution >= 4 is 15.9 Å². The Morgan fingerprint density at radius 2 is 2.37 bits per heavy atom. The molecule has 0 aromatic heterocycles. The van der Waals surface area contributed by atoms with Gasteiger partial charge in [0.15, 0.2) is 0 Å². The summed E-state index contributed by atoms with van der Waals surface area (Å²) in [6, 6.07) is 6.14. The van der Waals surface area contributed by atoms with Gasteiger partial charge in [0.1, 0.15) is 5.75 Å². The molecule has 1 aliphatic heterocycles. The Bertz CT molecular complexity index is 414. The first-order valence-electron chi connectivity index (χ1n) is 6.52. The zero-order chi connectivity index (χ0) is 13.7. The van der Waals surface area contributed by atoms with Crippen molar-refractivity contribution in [3.05, 3.63) is 28.2 Å². The van der Waals surface area contributed by atoms with E-state index in [0.29, 0.717) is 6.10 Å². The van der Waals surface area contributed by atoms with Crippen LogP contribution in [0.3, 0.4) is 0 Å². The Labute approximate surface area is 123 Å². The molecular weight excluding hydrogens is 308 g/mol. The van der Waals surface area contributed by atoms with Crippen LogP contribution in [-0.4, -0.2) is 51.4 Å². The van der Waals surface area contributed by atoms with Crippen LogP contribution in [-0.2, 0) is 11.3 Å². The van der Waals surface area contributed by atoms with Gasteiger partial charge < -0.3 is 19.7 Å². The fourth-order valence-electron chi connectivity index (χ4n) is 2.19. The van der Waals surface area contributed by atoms with Crippen LogP contribution in [0, 0.1) is 0 Å². The molecule has 1 aromatic carbocycles. The number of morpholine rings is 1. The van der Waals surface area contributed by atoms with Crippen molar-refractivity contribution in [3.63, 3.8) is 0 Å². The van der Waals surface area contributed by atoms with Crippen LogP contribution in [0.25, 0.3) is 0 Å². The summed E-state index contributed by atoms with van der Waals surface area (Å²) in [5, 5.41) is 3.44. The van der Waals surface area contributed by atoms with Gasteiger partial charge in [-0.3, -0.25) is 0 Å². The second-order valence-electron chi connectivity index (χ2n) is 4.85. The molecule has 0 unspecified atom stereocenters. The van der Waals surface area contributed by atoms with E-state index in [2.05, 4.69) is 45.3 Å². The van der Waals surface area contributed by atoms with Crippen molar-refractivity contribution < 1.29 is 9.47 Å². The minimum Gasteiger partial charge on any atom is -0.496 e. The molecule has 0 bridgehead atoms. The van der Waals surface area contributed by atoms with E-state index in [0.717, 1.165) is 43.0 Å². The van der Waals surface area contributed by atoms with Crippen molar-refractivity contribution in [2.24, 2.45) is 0 Å². The lowest BCUT2D eigenvalue weighted by atomic mass is 10.2. The molecule has 1 aromatic rings. The standard InChI is InChI=1S/C14H21BrN2O2/c1-17-5-6-19-12(10-17)9-16-8-11-3-4-14(18-2)13(15)7-11/h3-4,7,12,16H,5-6,8-10H2,1-2H3/t12-/m1/s1. The summed E-state index contributed by atoms with van der Waals surface area (Å²) >= 11 is 3.50. The lowest BCUT2D eigenvalue weighted by Crippen LogP contribution is -2.44. The van der Waals surface area contributed by atoms with Crippen molar-refractivity contribution in [2.75, 3.05) is 40.4 Å². The molecule has 1 N–H and O–H groups in total. The summed E-state index contributed by atoms with van der Waals surface area (Å²) in [6.45, 7) is 4.58.